The fourth-order valence-electron chi connectivity index (χ4n) is 1.57. The van der Waals surface area contributed by atoms with Crippen molar-refractivity contribution in [3.05, 3.63) is 29.8 Å². The lowest BCUT2D eigenvalue weighted by Crippen LogP contribution is -2.26. The third-order valence-electron chi connectivity index (χ3n) is 2.73. The fraction of sp³-hybridized carbons (Fsp3) is 0.467. The lowest BCUT2D eigenvalue weighted by molar-refractivity contribution is -0.146. The molecule has 1 N–H and O–H groups in total. The van der Waals surface area contributed by atoms with Crippen LogP contribution in [0.25, 0.3) is 0 Å². The predicted octanol–water partition coefficient (Wildman–Crippen LogP) is 3.16. The van der Waals surface area contributed by atoms with Crippen LogP contribution in [0.2, 0.25) is 0 Å². The number of carboxylic acids is 1. The normalized spacial score (nSPS) is 11.4. The Morgan fingerprint density at radius 1 is 1.21 bits per heavy atom. The molecule has 0 aliphatic rings. The molecule has 1 aromatic carbocycles. The molecule has 4 heteroatoms. The molecular formula is C15H20O4. The van der Waals surface area contributed by atoms with Crippen molar-refractivity contribution in [3.63, 3.8) is 0 Å². The van der Waals surface area contributed by atoms with E-state index in [4.69, 9.17) is 9.84 Å². The van der Waals surface area contributed by atoms with Crippen molar-refractivity contribution in [2.24, 2.45) is 5.41 Å². The van der Waals surface area contributed by atoms with Crippen molar-refractivity contribution in [1.29, 1.82) is 0 Å². The van der Waals surface area contributed by atoms with E-state index in [1.54, 1.807) is 38.1 Å². The number of carboxylic acid groups (broad SMARTS) is 1. The van der Waals surface area contributed by atoms with Gasteiger partial charge in [-0.15, -0.1) is 0 Å². The largest absolute Gasteiger partial charge is 0.491 e. The van der Waals surface area contributed by atoms with Gasteiger partial charge in [0.1, 0.15) is 5.75 Å². The zero-order valence-corrected chi connectivity index (χ0v) is 11.8. The van der Waals surface area contributed by atoms with Crippen LogP contribution in [0.4, 0.5) is 0 Å². The van der Waals surface area contributed by atoms with E-state index in [0.717, 1.165) is 0 Å². The molecule has 19 heavy (non-hydrogen) atoms. The molecule has 0 aliphatic heterocycles. The molecule has 0 aromatic heterocycles. The fourth-order valence-corrected chi connectivity index (χ4v) is 1.57. The second kappa shape index (κ2) is 5.87. The van der Waals surface area contributed by atoms with Crippen LogP contribution in [0.5, 0.6) is 5.75 Å². The van der Waals surface area contributed by atoms with E-state index in [9.17, 15) is 9.59 Å². The number of ether oxygens (including phenoxy) is 1. The number of aliphatic carboxylic acids is 1. The van der Waals surface area contributed by atoms with Gasteiger partial charge in [0.15, 0.2) is 5.78 Å². The van der Waals surface area contributed by atoms with E-state index in [2.05, 4.69) is 0 Å². The van der Waals surface area contributed by atoms with Crippen LogP contribution in [0.1, 0.15) is 44.5 Å². The molecule has 0 atom stereocenters. The summed E-state index contributed by atoms with van der Waals surface area (Å²) in [5.74, 6) is -0.451. The zero-order valence-electron chi connectivity index (χ0n) is 11.8. The van der Waals surface area contributed by atoms with Gasteiger partial charge in [-0.3, -0.25) is 9.59 Å². The van der Waals surface area contributed by atoms with Gasteiger partial charge < -0.3 is 9.84 Å². The maximum absolute atomic E-state index is 12.0. The van der Waals surface area contributed by atoms with E-state index >= 15 is 0 Å². The van der Waals surface area contributed by atoms with Gasteiger partial charge in [-0.1, -0.05) is 0 Å². The molecule has 4 nitrogen and oxygen atoms in total. The third kappa shape index (κ3) is 4.39. The Morgan fingerprint density at radius 2 is 1.74 bits per heavy atom. The summed E-state index contributed by atoms with van der Waals surface area (Å²) in [4.78, 5) is 23.0. The number of benzene rings is 1. The Bertz CT molecular complexity index is 458. The Labute approximate surface area is 113 Å². The average molecular weight is 264 g/mol. The number of carbonyl (C=O) groups excluding carboxylic acids is 1. The van der Waals surface area contributed by atoms with Crippen LogP contribution >= 0.6 is 0 Å². The van der Waals surface area contributed by atoms with Gasteiger partial charge in [0.25, 0.3) is 0 Å². The predicted molar refractivity (Wildman–Crippen MR) is 72.6 cm³/mol. The summed E-state index contributed by atoms with van der Waals surface area (Å²) in [6.45, 7) is 6.94. The highest BCUT2D eigenvalue weighted by atomic mass is 16.5. The van der Waals surface area contributed by atoms with Gasteiger partial charge in [0.05, 0.1) is 11.5 Å². The highest BCUT2D eigenvalue weighted by Crippen LogP contribution is 2.24. The molecule has 0 spiro atoms. The van der Waals surface area contributed by atoms with Crippen molar-refractivity contribution in [2.75, 3.05) is 0 Å². The SMILES string of the molecule is CC(C)Oc1ccc(C(=O)CC(C)(C)C(=O)O)cc1. The Hall–Kier alpha value is -1.84. The number of Topliss-reactive ketones (excluding diaryl/α,β-unsaturated/α-hetero) is 1. The standard InChI is InChI=1S/C15H20O4/c1-10(2)19-12-7-5-11(6-8-12)13(16)9-15(3,4)14(17)18/h5-8,10H,9H2,1-4H3,(H,17,18). The van der Waals surface area contributed by atoms with Crippen LogP contribution in [0.15, 0.2) is 24.3 Å². The first kappa shape index (κ1) is 15.2. The average Bonchev–Trinajstić information content (AvgIpc) is 2.28. The van der Waals surface area contributed by atoms with Crippen LogP contribution in [-0.4, -0.2) is 23.0 Å². The molecule has 104 valence electrons. The molecule has 0 radical (unpaired) electrons. The first-order valence-electron chi connectivity index (χ1n) is 6.25. The molecule has 0 aliphatic carbocycles. The minimum atomic E-state index is -1.05. The Kier molecular flexibility index (Phi) is 4.70. The van der Waals surface area contributed by atoms with Crippen molar-refractivity contribution in [1.82, 2.24) is 0 Å². The Balaban J connectivity index is 2.76. The van der Waals surface area contributed by atoms with Crippen molar-refractivity contribution in [3.8, 4) is 5.75 Å². The number of hydrogen-bond donors (Lipinski definition) is 1. The van der Waals surface area contributed by atoms with Crippen LogP contribution < -0.4 is 4.74 Å². The van der Waals surface area contributed by atoms with Crippen LogP contribution in [0, 0.1) is 5.41 Å². The van der Waals surface area contributed by atoms with Gasteiger partial charge in [-0.05, 0) is 52.0 Å². The van der Waals surface area contributed by atoms with E-state index in [-0.39, 0.29) is 18.3 Å². The van der Waals surface area contributed by atoms with E-state index in [1.165, 1.54) is 0 Å². The smallest absolute Gasteiger partial charge is 0.309 e. The maximum Gasteiger partial charge on any atom is 0.309 e. The van der Waals surface area contributed by atoms with E-state index in [1.807, 2.05) is 13.8 Å². The first-order chi connectivity index (χ1) is 8.72. The molecule has 0 saturated carbocycles. The Morgan fingerprint density at radius 3 is 2.16 bits per heavy atom. The van der Waals surface area contributed by atoms with Crippen molar-refractivity contribution >= 4 is 11.8 Å². The highest BCUT2D eigenvalue weighted by molar-refractivity contribution is 5.98. The summed E-state index contributed by atoms with van der Waals surface area (Å²) >= 11 is 0. The van der Waals surface area contributed by atoms with Crippen molar-refractivity contribution in [2.45, 2.75) is 40.2 Å². The molecule has 0 amide bonds. The summed E-state index contributed by atoms with van der Waals surface area (Å²) in [7, 11) is 0. The van der Waals surface area contributed by atoms with Gasteiger partial charge in [-0.25, -0.2) is 0 Å². The molecule has 0 fully saturated rings. The molecule has 1 rings (SSSR count). The van der Waals surface area contributed by atoms with Gasteiger partial charge in [0, 0.05) is 12.0 Å². The third-order valence-corrected chi connectivity index (χ3v) is 2.73. The molecular weight excluding hydrogens is 244 g/mol. The lowest BCUT2D eigenvalue weighted by Gasteiger charge is -2.17. The van der Waals surface area contributed by atoms with Crippen LogP contribution in [0.3, 0.4) is 0 Å². The quantitative estimate of drug-likeness (QED) is 0.802. The monoisotopic (exact) mass is 264 g/mol. The molecule has 0 unspecified atom stereocenters. The topological polar surface area (TPSA) is 63.6 Å². The molecule has 0 heterocycles. The minimum absolute atomic E-state index is 0.0211. The molecule has 0 saturated heterocycles. The number of rotatable bonds is 6. The molecule has 0 bridgehead atoms. The minimum Gasteiger partial charge on any atom is -0.491 e. The number of ketones is 1. The summed E-state index contributed by atoms with van der Waals surface area (Å²) in [6.07, 6.45) is 0.0553. The molecule has 1 aromatic rings. The number of hydrogen-bond acceptors (Lipinski definition) is 3. The first-order valence-corrected chi connectivity index (χ1v) is 6.25. The second-order valence-corrected chi connectivity index (χ2v) is 5.48. The van der Waals surface area contributed by atoms with E-state index in [0.29, 0.717) is 11.3 Å². The summed E-state index contributed by atoms with van der Waals surface area (Å²) < 4.78 is 5.48. The van der Waals surface area contributed by atoms with Crippen molar-refractivity contribution < 1.29 is 19.4 Å². The second-order valence-electron chi connectivity index (χ2n) is 5.48. The van der Waals surface area contributed by atoms with Crippen LogP contribution in [-0.2, 0) is 4.79 Å². The lowest BCUT2D eigenvalue weighted by atomic mass is 9.86. The van der Waals surface area contributed by atoms with E-state index < -0.39 is 11.4 Å². The van der Waals surface area contributed by atoms with Gasteiger partial charge >= 0.3 is 5.97 Å². The maximum atomic E-state index is 12.0. The highest BCUT2D eigenvalue weighted by Gasteiger charge is 2.30. The number of carbonyl (C=O) groups is 2. The summed E-state index contributed by atoms with van der Waals surface area (Å²) in [6, 6.07) is 6.78. The summed E-state index contributed by atoms with van der Waals surface area (Å²) in [5.41, 5.74) is -0.546. The van der Waals surface area contributed by atoms with Gasteiger partial charge in [0.2, 0.25) is 0 Å². The zero-order chi connectivity index (χ0) is 14.6. The summed E-state index contributed by atoms with van der Waals surface area (Å²) in [5, 5.41) is 9.01. The van der Waals surface area contributed by atoms with Gasteiger partial charge in [-0.2, -0.15) is 0 Å².